The van der Waals surface area contributed by atoms with E-state index in [2.05, 4.69) is 21.1 Å². The molecule has 1 aromatic heterocycles. The molecule has 6 nitrogen and oxygen atoms in total. The molecule has 1 fully saturated rings. The third-order valence-corrected chi connectivity index (χ3v) is 7.05. The summed E-state index contributed by atoms with van der Waals surface area (Å²) in [5, 5.41) is 4.16. The highest BCUT2D eigenvalue weighted by Crippen LogP contribution is 2.27. The summed E-state index contributed by atoms with van der Waals surface area (Å²) in [7, 11) is -0.392. The van der Waals surface area contributed by atoms with Crippen LogP contribution in [0.5, 0.6) is 11.5 Å². The lowest BCUT2D eigenvalue weighted by atomic mass is 10.0. The first-order chi connectivity index (χ1) is 13.5. The second-order valence-electron chi connectivity index (χ2n) is 7.00. The van der Waals surface area contributed by atoms with Gasteiger partial charge in [-0.25, -0.2) is 13.1 Å². The molecule has 0 bridgehead atoms. The number of benzene rings is 1. The molecule has 1 N–H and O–H groups in total. The van der Waals surface area contributed by atoms with E-state index in [-0.39, 0.29) is 11.8 Å². The van der Waals surface area contributed by atoms with Crippen LogP contribution in [0.3, 0.4) is 0 Å². The van der Waals surface area contributed by atoms with Gasteiger partial charge in [0, 0.05) is 18.7 Å². The van der Waals surface area contributed by atoms with Crippen LogP contribution in [0.1, 0.15) is 36.4 Å². The number of nitrogens with one attached hydrogen (secondary N) is 1. The van der Waals surface area contributed by atoms with Gasteiger partial charge in [0.1, 0.15) is 11.5 Å². The minimum absolute atomic E-state index is 0.0705. The van der Waals surface area contributed by atoms with Gasteiger partial charge < -0.3 is 9.47 Å². The molecule has 154 valence electrons. The van der Waals surface area contributed by atoms with E-state index in [1.165, 1.54) is 12.0 Å². The Hall–Kier alpha value is -1.61. The van der Waals surface area contributed by atoms with Gasteiger partial charge in [0.2, 0.25) is 10.0 Å². The summed E-state index contributed by atoms with van der Waals surface area (Å²) >= 11 is 1.64. The number of sulfonamides is 1. The van der Waals surface area contributed by atoms with Crippen LogP contribution < -0.4 is 14.2 Å². The van der Waals surface area contributed by atoms with Crippen LogP contribution in [0.15, 0.2) is 35.0 Å². The highest BCUT2D eigenvalue weighted by atomic mass is 32.2. The summed E-state index contributed by atoms with van der Waals surface area (Å²) in [5.41, 5.74) is 1.81. The zero-order valence-electron chi connectivity index (χ0n) is 16.4. The van der Waals surface area contributed by atoms with Crippen LogP contribution >= 0.6 is 11.3 Å². The van der Waals surface area contributed by atoms with Gasteiger partial charge in [0.25, 0.3) is 0 Å². The number of hydrogen-bond acceptors (Lipinski definition) is 6. The minimum atomic E-state index is -3.49. The number of nitrogens with zero attached hydrogens (tertiary/aromatic N) is 1. The van der Waals surface area contributed by atoms with E-state index in [9.17, 15) is 8.42 Å². The number of rotatable bonds is 9. The number of methoxy groups -OCH3 is 2. The Balaban J connectivity index is 1.70. The predicted octanol–water partition coefficient (Wildman–Crippen LogP) is 3.41. The van der Waals surface area contributed by atoms with Crippen LogP contribution in [0.4, 0.5) is 0 Å². The van der Waals surface area contributed by atoms with Crippen molar-refractivity contribution in [2.45, 2.75) is 31.1 Å². The quantitative estimate of drug-likeness (QED) is 0.668. The topological polar surface area (TPSA) is 67.9 Å². The van der Waals surface area contributed by atoms with Crippen LogP contribution in [0.2, 0.25) is 0 Å². The number of thiophene rings is 1. The minimum Gasteiger partial charge on any atom is -0.497 e. The van der Waals surface area contributed by atoms with E-state index >= 15 is 0 Å². The summed E-state index contributed by atoms with van der Waals surface area (Å²) < 4.78 is 38.8. The first-order valence-electron chi connectivity index (χ1n) is 9.46. The number of likely N-dealkylation sites (tertiary alicyclic amines) is 1. The van der Waals surface area contributed by atoms with Crippen LogP contribution in [-0.2, 0) is 15.8 Å². The smallest absolute Gasteiger partial charge is 0.215 e. The second-order valence-corrected chi connectivity index (χ2v) is 9.58. The molecule has 0 amide bonds. The summed E-state index contributed by atoms with van der Waals surface area (Å²) in [5.74, 6) is 1.04. The van der Waals surface area contributed by atoms with Gasteiger partial charge in [-0.1, -0.05) is 6.42 Å². The molecule has 1 atom stereocenters. The van der Waals surface area contributed by atoms with Crippen molar-refractivity contribution in [3.8, 4) is 11.5 Å². The lowest BCUT2D eigenvalue weighted by Gasteiger charge is -2.34. The predicted molar refractivity (Wildman–Crippen MR) is 113 cm³/mol. The molecule has 28 heavy (non-hydrogen) atoms. The third kappa shape index (κ3) is 5.70. The third-order valence-electron chi connectivity index (χ3n) is 5.02. The van der Waals surface area contributed by atoms with Crippen molar-refractivity contribution in [3.63, 3.8) is 0 Å². The highest BCUT2D eigenvalue weighted by Gasteiger charge is 2.24. The summed E-state index contributed by atoms with van der Waals surface area (Å²) in [6.45, 7) is 2.39. The van der Waals surface area contributed by atoms with Gasteiger partial charge >= 0.3 is 0 Å². The fraction of sp³-hybridized carbons (Fsp3) is 0.500. The Morgan fingerprint density at radius 1 is 1.11 bits per heavy atom. The monoisotopic (exact) mass is 424 g/mol. The van der Waals surface area contributed by atoms with Gasteiger partial charge in [-0.3, -0.25) is 4.90 Å². The molecule has 0 saturated carbocycles. The molecule has 2 aromatic rings. The number of ether oxygens (including phenoxy) is 2. The summed E-state index contributed by atoms with van der Waals surface area (Å²) in [4.78, 5) is 2.39. The molecule has 0 spiro atoms. The van der Waals surface area contributed by atoms with Crippen LogP contribution in [-0.4, -0.2) is 47.2 Å². The van der Waals surface area contributed by atoms with Gasteiger partial charge in [0.05, 0.1) is 20.0 Å². The molecule has 3 rings (SSSR count). The number of piperidine rings is 1. The molecule has 1 aromatic carbocycles. The first kappa shape index (κ1) is 21.1. The summed E-state index contributed by atoms with van der Waals surface area (Å²) in [6, 6.07) is 7.34. The van der Waals surface area contributed by atoms with Gasteiger partial charge in [-0.2, -0.15) is 11.3 Å². The number of hydrogen-bond donors (Lipinski definition) is 1. The average molecular weight is 425 g/mol. The Labute approximate surface area is 171 Å². The normalized spacial score (nSPS) is 16.6. The van der Waals surface area contributed by atoms with Crippen molar-refractivity contribution >= 4 is 21.4 Å². The van der Waals surface area contributed by atoms with Crippen LogP contribution in [0, 0.1) is 0 Å². The molecule has 1 unspecified atom stereocenters. The lowest BCUT2D eigenvalue weighted by molar-refractivity contribution is 0.165. The first-order valence-corrected chi connectivity index (χ1v) is 12.1. The Bertz CT molecular complexity index is 825. The standard InChI is InChI=1S/C20H28N2O4S2/c1-25-18-10-16(11-19(12-18)26-2)15-28(23,24)21-13-20(17-6-9-27-14-17)22-7-4-3-5-8-22/h6,9-12,14,20-21H,3-5,7-8,13,15H2,1-2H3. The van der Waals surface area contributed by atoms with E-state index in [0.29, 0.717) is 23.6 Å². The highest BCUT2D eigenvalue weighted by molar-refractivity contribution is 7.88. The van der Waals surface area contributed by atoms with Gasteiger partial charge in [-0.05, 0) is 66.0 Å². The molecular weight excluding hydrogens is 396 g/mol. The maximum Gasteiger partial charge on any atom is 0.215 e. The summed E-state index contributed by atoms with van der Waals surface area (Å²) in [6.07, 6.45) is 3.57. The molecule has 1 aliphatic heterocycles. The molecular formula is C20H28N2O4S2. The zero-order chi connectivity index (χ0) is 20.0. The molecule has 1 saturated heterocycles. The molecule has 0 radical (unpaired) electrons. The van der Waals surface area contributed by atoms with Crippen molar-refractivity contribution in [2.75, 3.05) is 33.9 Å². The second kappa shape index (κ2) is 9.73. The van der Waals surface area contributed by atoms with E-state index in [0.717, 1.165) is 25.9 Å². The van der Waals surface area contributed by atoms with Crippen molar-refractivity contribution in [1.29, 1.82) is 0 Å². The van der Waals surface area contributed by atoms with Crippen molar-refractivity contribution in [1.82, 2.24) is 9.62 Å². The Morgan fingerprint density at radius 3 is 2.36 bits per heavy atom. The zero-order valence-corrected chi connectivity index (χ0v) is 18.0. The van der Waals surface area contributed by atoms with Crippen molar-refractivity contribution < 1.29 is 17.9 Å². The lowest BCUT2D eigenvalue weighted by Crippen LogP contribution is -2.40. The molecule has 0 aliphatic carbocycles. The molecule has 2 heterocycles. The fourth-order valence-corrected chi connectivity index (χ4v) is 5.40. The van der Waals surface area contributed by atoms with E-state index in [1.807, 2.05) is 5.38 Å². The Morgan fingerprint density at radius 2 is 1.79 bits per heavy atom. The fourth-order valence-electron chi connectivity index (χ4n) is 3.58. The molecule has 1 aliphatic rings. The average Bonchev–Trinajstić information content (AvgIpc) is 3.22. The van der Waals surface area contributed by atoms with Crippen LogP contribution in [0.25, 0.3) is 0 Å². The Kier molecular flexibility index (Phi) is 7.34. The van der Waals surface area contributed by atoms with Gasteiger partial charge in [0.15, 0.2) is 0 Å². The van der Waals surface area contributed by atoms with E-state index < -0.39 is 10.0 Å². The van der Waals surface area contributed by atoms with Crippen molar-refractivity contribution in [2.24, 2.45) is 0 Å². The largest absolute Gasteiger partial charge is 0.497 e. The van der Waals surface area contributed by atoms with Crippen molar-refractivity contribution in [3.05, 3.63) is 46.2 Å². The SMILES string of the molecule is COc1cc(CS(=O)(=O)NCC(c2ccsc2)N2CCCCC2)cc(OC)c1. The molecule has 8 heteroatoms. The maximum absolute atomic E-state index is 12.7. The maximum atomic E-state index is 12.7. The van der Waals surface area contributed by atoms with E-state index in [4.69, 9.17) is 9.47 Å². The van der Waals surface area contributed by atoms with Gasteiger partial charge in [-0.15, -0.1) is 0 Å². The van der Waals surface area contributed by atoms with E-state index in [1.54, 1.807) is 43.8 Å².